The van der Waals surface area contributed by atoms with Crippen molar-refractivity contribution in [2.24, 2.45) is 11.8 Å². The molecule has 0 aromatic heterocycles. The number of rotatable bonds is 8. The van der Waals surface area contributed by atoms with Gasteiger partial charge >= 0.3 is 6.18 Å². The summed E-state index contributed by atoms with van der Waals surface area (Å²) in [6.07, 6.45) is -3.87. The molecule has 0 radical (unpaired) electrons. The van der Waals surface area contributed by atoms with E-state index in [4.69, 9.17) is 9.47 Å². The van der Waals surface area contributed by atoms with Crippen LogP contribution in [0.3, 0.4) is 0 Å². The SMILES string of the molecule is COCCC(CC(CC(C)C)C(F)(F)F)OC. The topological polar surface area (TPSA) is 18.5 Å². The summed E-state index contributed by atoms with van der Waals surface area (Å²) in [5, 5.41) is 0. The molecule has 0 saturated carbocycles. The van der Waals surface area contributed by atoms with Gasteiger partial charge in [0.05, 0.1) is 12.0 Å². The van der Waals surface area contributed by atoms with Crippen LogP contribution >= 0.6 is 0 Å². The largest absolute Gasteiger partial charge is 0.391 e. The Morgan fingerprint density at radius 3 is 2.00 bits per heavy atom. The summed E-state index contributed by atoms with van der Waals surface area (Å²) in [4.78, 5) is 0. The molecular weight excluding hydrogens is 233 g/mol. The second-order valence-electron chi connectivity index (χ2n) is 4.74. The van der Waals surface area contributed by atoms with Crippen LogP contribution in [0.15, 0.2) is 0 Å². The summed E-state index contributed by atoms with van der Waals surface area (Å²) < 4.78 is 48.4. The molecule has 0 aliphatic heterocycles. The predicted octanol–water partition coefficient (Wildman–Crippen LogP) is 3.65. The van der Waals surface area contributed by atoms with Crippen LogP contribution in [-0.2, 0) is 9.47 Å². The zero-order valence-corrected chi connectivity index (χ0v) is 11.0. The Morgan fingerprint density at radius 2 is 1.65 bits per heavy atom. The second kappa shape index (κ2) is 7.93. The van der Waals surface area contributed by atoms with E-state index < -0.39 is 12.1 Å². The molecule has 2 unspecified atom stereocenters. The fourth-order valence-electron chi connectivity index (χ4n) is 1.83. The normalized spacial score (nSPS) is 16.2. The number of alkyl halides is 3. The van der Waals surface area contributed by atoms with Crippen molar-refractivity contribution < 1.29 is 22.6 Å². The lowest BCUT2D eigenvalue weighted by Crippen LogP contribution is -2.29. The molecule has 0 amide bonds. The third kappa shape index (κ3) is 7.60. The standard InChI is InChI=1S/C12H23F3O2/c1-9(2)7-10(12(13,14)15)8-11(17-4)5-6-16-3/h9-11H,5-8H2,1-4H3. The van der Waals surface area contributed by atoms with Gasteiger partial charge in [0.25, 0.3) is 0 Å². The Labute approximate surface area is 101 Å². The molecule has 2 nitrogen and oxygen atoms in total. The van der Waals surface area contributed by atoms with Gasteiger partial charge in [0.2, 0.25) is 0 Å². The lowest BCUT2D eigenvalue weighted by atomic mass is 9.90. The van der Waals surface area contributed by atoms with E-state index in [-0.39, 0.29) is 24.9 Å². The third-order valence-electron chi connectivity index (χ3n) is 2.74. The van der Waals surface area contributed by atoms with Gasteiger partial charge in [0.1, 0.15) is 0 Å². The van der Waals surface area contributed by atoms with Crippen LogP contribution < -0.4 is 0 Å². The van der Waals surface area contributed by atoms with Crippen molar-refractivity contribution in [3.8, 4) is 0 Å². The Bertz CT molecular complexity index is 193. The van der Waals surface area contributed by atoms with Crippen LogP contribution in [0.25, 0.3) is 0 Å². The maximum atomic E-state index is 12.8. The smallest absolute Gasteiger partial charge is 0.385 e. The van der Waals surface area contributed by atoms with Crippen molar-refractivity contribution in [3.05, 3.63) is 0 Å². The van der Waals surface area contributed by atoms with Crippen LogP contribution in [0, 0.1) is 11.8 Å². The fourth-order valence-corrected chi connectivity index (χ4v) is 1.83. The summed E-state index contributed by atoms with van der Waals surface area (Å²) in [6.45, 7) is 4.02. The van der Waals surface area contributed by atoms with Gasteiger partial charge in [-0.05, 0) is 25.2 Å². The van der Waals surface area contributed by atoms with E-state index in [1.54, 1.807) is 13.8 Å². The highest BCUT2D eigenvalue weighted by molar-refractivity contribution is 4.74. The first-order valence-corrected chi connectivity index (χ1v) is 5.89. The molecule has 2 atom stereocenters. The van der Waals surface area contributed by atoms with Crippen molar-refractivity contribution in [1.82, 2.24) is 0 Å². The minimum atomic E-state index is -4.14. The lowest BCUT2D eigenvalue weighted by Gasteiger charge is -2.26. The van der Waals surface area contributed by atoms with Crippen LogP contribution in [0.2, 0.25) is 0 Å². The molecule has 0 N–H and O–H groups in total. The molecule has 0 heterocycles. The molecular formula is C12H23F3O2. The summed E-state index contributed by atoms with van der Waals surface area (Å²) >= 11 is 0. The molecule has 0 saturated heterocycles. The monoisotopic (exact) mass is 256 g/mol. The average molecular weight is 256 g/mol. The predicted molar refractivity (Wildman–Crippen MR) is 60.9 cm³/mol. The van der Waals surface area contributed by atoms with Gasteiger partial charge < -0.3 is 9.47 Å². The van der Waals surface area contributed by atoms with Gasteiger partial charge in [-0.15, -0.1) is 0 Å². The van der Waals surface area contributed by atoms with Crippen LogP contribution in [-0.4, -0.2) is 33.1 Å². The number of hydrogen-bond acceptors (Lipinski definition) is 2. The van der Waals surface area contributed by atoms with Crippen molar-refractivity contribution in [2.45, 2.75) is 45.4 Å². The first-order valence-electron chi connectivity index (χ1n) is 5.89. The van der Waals surface area contributed by atoms with Crippen LogP contribution in [0.4, 0.5) is 13.2 Å². The summed E-state index contributed by atoms with van der Waals surface area (Å²) in [6, 6.07) is 0. The second-order valence-corrected chi connectivity index (χ2v) is 4.74. The van der Waals surface area contributed by atoms with Gasteiger partial charge in [-0.3, -0.25) is 0 Å². The minimum absolute atomic E-state index is 0.0154. The molecule has 0 spiro atoms. The quantitative estimate of drug-likeness (QED) is 0.660. The van der Waals surface area contributed by atoms with Crippen molar-refractivity contribution in [1.29, 1.82) is 0 Å². The maximum Gasteiger partial charge on any atom is 0.391 e. The maximum absolute atomic E-state index is 12.8. The van der Waals surface area contributed by atoms with Gasteiger partial charge in [-0.25, -0.2) is 0 Å². The summed E-state index contributed by atoms with van der Waals surface area (Å²) in [5.41, 5.74) is 0. The van der Waals surface area contributed by atoms with E-state index in [0.717, 1.165) is 0 Å². The zero-order chi connectivity index (χ0) is 13.5. The zero-order valence-electron chi connectivity index (χ0n) is 11.0. The Morgan fingerprint density at radius 1 is 1.06 bits per heavy atom. The summed E-state index contributed by atoms with van der Waals surface area (Å²) in [7, 11) is 2.98. The number of halogens is 3. The minimum Gasteiger partial charge on any atom is -0.385 e. The van der Waals surface area contributed by atoms with Gasteiger partial charge in [-0.1, -0.05) is 13.8 Å². The molecule has 0 rings (SSSR count). The molecule has 0 fully saturated rings. The summed E-state index contributed by atoms with van der Waals surface area (Å²) in [5.74, 6) is -1.26. The molecule has 0 aromatic rings. The van der Waals surface area contributed by atoms with Crippen molar-refractivity contribution in [2.75, 3.05) is 20.8 Å². The van der Waals surface area contributed by atoms with E-state index in [9.17, 15) is 13.2 Å². The van der Waals surface area contributed by atoms with E-state index in [2.05, 4.69) is 0 Å². The van der Waals surface area contributed by atoms with Crippen molar-refractivity contribution in [3.63, 3.8) is 0 Å². The van der Waals surface area contributed by atoms with Crippen molar-refractivity contribution >= 4 is 0 Å². The van der Waals surface area contributed by atoms with E-state index in [1.165, 1.54) is 14.2 Å². The fraction of sp³-hybridized carbons (Fsp3) is 1.00. The molecule has 17 heavy (non-hydrogen) atoms. The highest BCUT2D eigenvalue weighted by Gasteiger charge is 2.40. The van der Waals surface area contributed by atoms with E-state index in [1.807, 2.05) is 0 Å². The highest BCUT2D eigenvalue weighted by Crippen LogP contribution is 2.35. The van der Waals surface area contributed by atoms with E-state index >= 15 is 0 Å². The first-order chi connectivity index (χ1) is 7.81. The molecule has 104 valence electrons. The van der Waals surface area contributed by atoms with Crippen LogP contribution in [0.1, 0.15) is 33.1 Å². The first kappa shape index (κ1) is 16.7. The lowest BCUT2D eigenvalue weighted by molar-refractivity contribution is -0.187. The van der Waals surface area contributed by atoms with Crippen LogP contribution in [0.5, 0.6) is 0 Å². The molecule has 0 aliphatic carbocycles. The van der Waals surface area contributed by atoms with E-state index in [0.29, 0.717) is 13.0 Å². The highest BCUT2D eigenvalue weighted by atomic mass is 19.4. The number of hydrogen-bond donors (Lipinski definition) is 0. The molecule has 5 heteroatoms. The molecule has 0 aliphatic rings. The number of methoxy groups -OCH3 is 2. The Balaban J connectivity index is 4.38. The average Bonchev–Trinajstić information content (AvgIpc) is 2.20. The Kier molecular flexibility index (Phi) is 7.79. The van der Waals surface area contributed by atoms with Gasteiger partial charge in [0.15, 0.2) is 0 Å². The third-order valence-corrected chi connectivity index (χ3v) is 2.74. The molecule has 0 bridgehead atoms. The van der Waals surface area contributed by atoms with Gasteiger partial charge in [-0.2, -0.15) is 13.2 Å². The van der Waals surface area contributed by atoms with Gasteiger partial charge in [0, 0.05) is 20.8 Å². The Hall–Kier alpha value is -0.290. The molecule has 0 aromatic carbocycles. The number of ether oxygens (including phenoxy) is 2.